The number of hydrogen-bond donors (Lipinski definition) is 2. The molecule has 0 bridgehead atoms. The molecular weight excluding hydrogens is 639 g/mol. The molecule has 0 saturated heterocycles. The van der Waals surface area contributed by atoms with Crippen molar-refractivity contribution in [2.24, 2.45) is 0 Å². The van der Waals surface area contributed by atoms with Gasteiger partial charge in [-0.3, -0.25) is 20.2 Å². The lowest BCUT2D eigenvalue weighted by Gasteiger charge is -2.34. The number of nitrogens with zero attached hydrogens (tertiary/aromatic N) is 1. The maximum Gasteiger partial charge on any atom is 0.283 e. The normalized spacial score (nSPS) is 18.8. The van der Waals surface area contributed by atoms with E-state index < -0.39 is 49.3 Å². The van der Waals surface area contributed by atoms with E-state index in [1.807, 2.05) is 0 Å². The molecule has 0 aromatic heterocycles. The molecule has 0 aliphatic heterocycles. The fraction of sp³-hybridized carbons (Fsp3) is 0.233. The number of nitro groups is 1. The van der Waals surface area contributed by atoms with Crippen molar-refractivity contribution in [3.63, 3.8) is 0 Å². The molecular formula is C30H27Cl2F2N3O6S. The Morgan fingerprint density at radius 2 is 1.80 bits per heavy atom. The molecule has 2 N–H and O–H groups in total. The summed E-state index contributed by atoms with van der Waals surface area (Å²) in [4.78, 5) is 22.7. The summed E-state index contributed by atoms with van der Waals surface area (Å²) in [6.45, 7) is 1.92. The Hall–Kier alpha value is -3.84. The quantitative estimate of drug-likeness (QED) is 0.125. The zero-order valence-corrected chi connectivity index (χ0v) is 25.5. The number of nitro benzene ring substituents is 1. The largest absolute Gasteiger partial charge is 0.493 e. The third kappa shape index (κ3) is 7.27. The summed E-state index contributed by atoms with van der Waals surface area (Å²) in [6, 6.07) is 13.3. The van der Waals surface area contributed by atoms with E-state index in [0.29, 0.717) is 23.8 Å². The fourth-order valence-corrected chi connectivity index (χ4v) is 6.43. The minimum Gasteiger partial charge on any atom is -0.493 e. The average Bonchev–Trinajstić information content (AvgIpc) is 2.99. The number of carbonyl (C=O) groups excluding carboxylic acids is 1. The van der Waals surface area contributed by atoms with E-state index in [0.717, 1.165) is 18.2 Å². The molecule has 4 rings (SSSR count). The van der Waals surface area contributed by atoms with Crippen molar-refractivity contribution >= 4 is 44.6 Å². The number of alkyl halides is 1. The Bertz CT molecular complexity index is 1720. The van der Waals surface area contributed by atoms with Crippen molar-refractivity contribution < 1.29 is 31.7 Å². The molecule has 0 heterocycles. The van der Waals surface area contributed by atoms with E-state index >= 15 is 4.39 Å². The molecule has 3 aromatic rings. The number of ether oxygens (including phenoxy) is 1. The first kappa shape index (κ1) is 33.1. The third-order valence-corrected chi connectivity index (χ3v) is 9.43. The second-order valence-electron chi connectivity index (χ2n) is 9.82. The van der Waals surface area contributed by atoms with Crippen LogP contribution in [0.5, 0.6) is 5.75 Å². The molecule has 0 fully saturated rings. The van der Waals surface area contributed by atoms with Crippen LogP contribution >= 0.6 is 23.2 Å². The Balaban J connectivity index is 1.42. The van der Waals surface area contributed by atoms with Gasteiger partial charge >= 0.3 is 0 Å². The number of benzene rings is 3. The lowest BCUT2D eigenvalue weighted by atomic mass is 10.0. The number of amides is 1. The fourth-order valence-electron chi connectivity index (χ4n) is 4.57. The molecule has 0 radical (unpaired) electrons. The van der Waals surface area contributed by atoms with Crippen LogP contribution in [0.2, 0.25) is 10.0 Å². The first-order valence-electron chi connectivity index (χ1n) is 13.3. The maximum absolute atomic E-state index is 16.4. The highest BCUT2D eigenvalue weighted by atomic mass is 35.5. The number of allylic oxidation sites excluding steroid dienone is 2. The molecule has 1 amide bonds. The van der Waals surface area contributed by atoms with Crippen molar-refractivity contribution in [2.75, 3.05) is 13.2 Å². The summed E-state index contributed by atoms with van der Waals surface area (Å²) in [5.74, 6) is -1.05. The highest BCUT2D eigenvalue weighted by Crippen LogP contribution is 2.38. The third-order valence-electron chi connectivity index (χ3n) is 6.84. The second kappa shape index (κ2) is 13.9. The van der Waals surface area contributed by atoms with Crippen LogP contribution in [0, 0.1) is 10.1 Å². The molecule has 44 heavy (non-hydrogen) atoms. The van der Waals surface area contributed by atoms with Crippen LogP contribution in [0.3, 0.4) is 0 Å². The van der Waals surface area contributed by atoms with Gasteiger partial charge in [0.15, 0.2) is 0 Å². The van der Waals surface area contributed by atoms with Gasteiger partial charge in [0, 0.05) is 34.3 Å². The first-order chi connectivity index (χ1) is 20.8. The Labute approximate surface area is 262 Å². The van der Waals surface area contributed by atoms with Gasteiger partial charge < -0.3 is 10.1 Å². The number of para-hydroxylation sites is 1. The van der Waals surface area contributed by atoms with Crippen molar-refractivity contribution in [1.82, 2.24) is 10.6 Å². The van der Waals surface area contributed by atoms with Crippen molar-refractivity contribution in [1.29, 1.82) is 0 Å². The minimum atomic E-state index is -4.64. The monoisotopic (exact) mass is 665 g/mol. The van der Waals surface area contributed by atoms with Gasteiger partial charge in [0.25, 0.3) is 16.6 Å². The summed E-state index contributed by atoms with van der Waals surface area (Å²) in [5.41, 5.74) is 0.00154. The number of halogens is 4. The summed E-state index contributed by atoms with van der Waals surface area (Å²) in [6.07, 6.45) is 2.67. The number of sulfone groups is 1. The Kier molecular flexibility index (Phi) is 10.4. The number of hydrogen-bond acceptors (Lipinski definition) is 7. The van der Waals surface area contributed by atoms with Gasteiger partial charge in [-0.2, -0.15) is 0 Å². The summed E-state index contributed by atoms with van der Waals surface area (Å²) in [5, 5.41) is 14.1. The topological polar surface area (TPSA) is 128 Å². The van der Waals surface area contributed by atoms with Crippen LogP contribution in [-0.4, -0.2) is 43.4 Å². The van der Waals surface area contributed by atoms with Gasteiger partial charge in [-0.1, -0.05) is 41.4 Å². The molecule has 0 spiro atoms. The molecule has 3 atom stereocenters. The first-order valence-corrected chi connectivity index (χ1v) is 15.5. The lowest BCUT2D eigenvalue weighted by molar-refractivity contribution is -0.385. The minimum absolute atomic E-state index is 0.129. The molecule has 14 heteroatoms. The summed E-state index contributed by atoms with van der Waals surface area (Å²) in [7, 11) is -4.64. The highest BCUT2D eigenvalue weighted by molar-refractivity contribution is 7.93. The van der Waals surface area contributed by atoms with Gasteiger partial charge in [-0.05, 0) is 74.0 Å². The maximum atomic E-state index is 16.4. The molecule has 0 saturated carbocycles. The molecule has 3 unspecified atom stereocenters. The second-order valence-corrected chi connectivity index (χ2v) is 12.8. The number of carbonyl (C=O) groups is 1. The predicted molar refractivity (Wildman–Crippen MR) is 163 cm³/mol. The van der Waals surface area contributed by atoms with Gasteiger partial charge in [0.1, 0.15) is 17.1 Å². The van der Waals surface area contributed by atoms with Crippen molar-refractivity contribution in [3.8, 4) is 5.75 Å². The van der Waals surface area contributed by atoms with Gasteiger partial charge in [0.05, 0.1) is 22.5 Å². The smallest absolute Gasteiger partial charge is 0.283 e. The predicted octanol–water partition coefficient (Wildman–Crippen LogP) is 6.68. The zero-order valence-electron chi connectivity index (χ0n) is 23.2. The molecule has 232 valence electrons. The molecule has 3 aromatic carbocycles. The van der Waals surface area contributed by atoms with Crippen LogP contribution in [0.1, 0.15) is 35.3 Å². The standard InChI is InChI=1S/C30H27Cl2F2N3O6S/c1-19(36-28-18-22(33)13-14-30(28,34)44(41,42)23-10-7-20(31)8-11-23)24-5-2-3-6-27(24)43-16-4-15-35-29(38)25-12-9-21(32)17-26(25)37(39)40/h2-3,5-14,17-19,28,36H,4,15-16H2,1H3,(H,35,38). The van der Waals surface area contributed by atoms with Gasteiger partial charge in [0.2, 0.25) is 9.84 Å². The van der Waals surface area contributed by atoms with Crippen LogP contribution in [0.4, 0.5) is 14.5 Å². The summed E-state index contributed by atoms with van der Waals surface area (Å²) < 4.78 is 63.4. The van der Waals surface area contributed by atoms with E-state index in [1.54, 1.807) is 31.2 Å². The van der Waals surface area contributed by atoms with E-state index in [2.05, 4.69) is 10.6 Å². The lowest BCUT2D eigenvalue weighted by Crippen LogP contribution is -2.52. The van der Waals surface area contributed by atoms with E-state index in [9.17, 15) is 27.7 Å². The van der Waals surface area contributed by atoms with Crippen LogP contribution in [0.15, 0.2) is 95.7 Å². The SMILES string of the molecule is CC(NC1C=C(F)C=CC1(F)S(=O)(=O)c1ccc(Cl)cc1)c1ccccc1OCCCNC(=O)c1ccc(Cl)cc1[N+](=O)[O-]. The van der Waals surface area contributed by atoms with Gasteiger partial charge in [-0.25, -0.2) is 17.2 Å². The molecule has 9 nitrogen and oxygen atoms in total. The molecule has 1 aliphatic rings. The number of nitrogens with one attached hydrogen (secondary N) is 2. The Morgan fingerprint density at radius 3 is 2.50 bits per heavy atom. The van der Waals surface area contributed by atoms with Crippen LogP contribution in [0.25, 0.3) is 0 Å². The van der Waals surface area contributed by atoms with Gasteiger partial charge in [-0.15, -0.1) is 0 Å². The van der Waals surface area contributed by atoms with Crippen LogP contribution < -0.4 is 15.4 Å². The Morgan fingerprint density at radius 1 is 1.11 bits per heavy atom. The van der Waals surface area contributed by atoms with E-state index in [1.165, 1.54) is 36.4 Å². The number of rotatable bonds is 12. The average molecular weight is 667 g/mol. The molecule has 1 aliphatic carbocycles. The van der Waals surface area contributed by atoms with Crippen molar-refractivity contribution in [2.45, 2.75) is 35.3 Å². The van der Waals surface area contributed by atoms with E-state index in [-0.39, 0.29) is 33.7 Å². The highest BCUT2D eigenvalue weighted by Gasteiger charge is 2.51. The zero-order chi connectivity index (χ0) is 32.1. The van der Waals surface area contributed by atoms with E-state index in [4.69, 9.17) is 27.9 Å². The van der Waals surface area contributed by atoms with Crippen LogP contribution in [-0.2, 0) is 9.84 Å². The van der Waals surface area contributed by atoms with Crippen molar-refractivity contribution in [3.05, 3.63) is 122 Å². The summed E-state index contributed by atoms with van der Waals surface area (Å²) >= 11 is 11.7.